The van der Waals surface area contributed by atoms with Crippen LogP contribution < -0.4 is 10.1 Å². The molecule has 5 nitrogen and oxygen atoms in total. The van der Waals surface area contributed by atoms with Gasteiger partial charge in [0.1, 0.15) is 12.4 Å². The second kappa shape index (κ2) is 7.64. The maximum atomic E-state index is 12.7. The molecule has 1 aromatic rings. The maximum Gasteiger partial charge on any atom is 0.257 e. The zero-order valence-electron chi connectivity index (χ0n) is 12.4. The summed E-state index contributed by atoms with van der Waals surface area (Å²) in [6.45, 7) is 2.63. The highest BCUT2D eigenvalue weighted by molar-refractivity contribution is 6.31. The summed E-state index contributed by atoms with van der Waals surface area (Å²) in [6, 6.07) is 5.32. The lowest BCUT2D eigenvalue weighted by Crippen LogP contribution is -2.38. The number of likely N-dealkylation sites (N-methyl/N-ethyl adjacent to an activating group) is 1. The van der Waals surface area contributed by atoms with Crippen LogP contribution in [0.4, 0.5) is 0 Å². The number of hydrogen-bond acceptors (Lipinski definition) is 4. The molecule has 21 heavy (non-hydrogen) atoms. The summed E-state index contributed by atoms with van der Waals surface area (Å²) in [5.74, 6) is 0.470. The second-order valence-corrected chi connectivity index (χ2v) is 5.48. The molecule has 2 rings (SSSR count). The number of hydrogen-bond donors (Lipinski definition) is 1. The summed E-state index contributed by atoms with van der Waals surface area (Å²) in [5, 5.41) is 3.78. The van der Waals surface area contributed by atoms with Crippen LogP contribution in [0.2, 0.25) is 5.02 Å². The predicted octanol–water partition coefficient (Wildman–Crippen LogP) is 1.80. The fourth-order valence-electron chi connectivity index (χ4n) is 2.36. The minimum atomic E-state index is -0.0707. The van der Waals surface area contributed by atoms with E-state index in [1.807, 2.05) is 7.05 Å². The third-order valence-corrected chi connectivity index (χ3v) is 3.85. The first-order valence-corrected chi connectivity index (χ1v) is 7.40. The van der Waals surface area contributed by atoms with Gasteiger partial charge >= 0.3 is 0 Å². The number of rotatable bonds is 6. The van der Waals surface area contributed by atoms with E-state index in [0.717, 1.165) is 19.5 Å². The molecule has 1 N–H and O–H groups in total. The molecule has 0 radical (unpaired) electrons. The molecule has 1 aliphatic rings. The van der Waals surface area contributed by atoms with Crippen molar-refractivity contribution < 1.29 is 14.3 Å². The van der Waals surface area contributed by atoms with Crippen LogP contribution >= 0.6 is 11.6 Å². The largest absolute Gasteiger partial charge is 0.490 e. The van der Waals surface area contributed by atoms with Crippen LogP contribution in [0.3, 0.4) is 0 Å². The smallest absolute Gasteiger partial charge is 0.257 e. The zero-order chi connectivity index (χ0) is 15.2. The summed E-state index contributed by atoms with van der Waals surface area (Å²) in [4.78, 5) is 14.4. The molecule has 1 fully saturated rings. The third kappa shape index (κ3) is 4.09. The van der Waals surface area contributed by atoms with Crippen molar-refractivity contribution in [3.05, 3.63) is 28.8 Å². The van der Waals surface area contributed by atoms with Gasteiger partial charge in [-0.05, 0) is 31.2 Å². The van der Waals surface area contributed by atoms with Gasteiger partial charge in [0, 0.05) is 31.8 Å². The van der Waals surface area contributed by atoms with Crippen LogP contribution in [-0.4, -0.2) is 57.3 Å². The van der Waals surface area contributed by atoms with Crippen molar-refractivity contribution in [2.24, 2.45) is 0 Å². The summed E-state index contributed by atoms with van der Waals surface area (Å²) in [6.07, 6.45) is 0.961. The number of halogens is 1. The van der Waals surface area contributed by atoms with E-state index in [9.17, 15) is 4.79 Å². The summed E-state index contributed by atoms with van der Waals surface area (Å²) in [7, 11) is 3.43. The first-order chi connectivity index (χ1) is 10.1. The molecular weight excluding hydrogens is 292 g/mol. The lowest BCUT2D eigenvalue weighted by Gasteiger charge is -2.25. The Kier molecular flexibility index (Phi) is 5.85. The van der Waals surface area contributed by atoms with Crippen molar-refractivity contribution in [1.82, 2.24) is 10.2 Å². The number of ether oxygens (including phenoxy) is 2. The number of amides is 1. The van der Waals surface area contributed by atoms with E-state index >= 15 is 0 Å². The van der Waals surface area contributed by atoms with Crippen LogP contribution in [0.25, 0.3) is 0 Å². The Morgan fingerprint density at radius 3 is 2.95 bits per heavy atom. The van der Waals surface area contributed by atoms with E-state index in [1.165, 1.54) is 0 Å². The first-order valence-electron chi connectivity index (χ1n) is 7.02. The van der Waals surface area contributed by atoms with E-state index in [2.05, 4.69) is 5.32 Å². The topological polar surface area (TPSA) is 50.8 Å². The molecule has 0 aromatic heterocycles. The number of methoxy groups -OCH3 is 1. The minimum Gasteiger partial charge on any atom is -0.490 e. The molecule has 0 spiro atoms. The Labute approximate surface area is 130 Å². The van der Waals surface area contributed by atoms with Crippen LogP contribution in [0, 0.1) is 0 Å². The fraction of sp³-hybridized carbons (Fsp3) is 0.533. The third-order valence-electron chi connectivity index (χ3n) is 3.62. The number of benzene rings is 1. The Bertz CT molecular complexity index is 490. The SMILES string of the molecule is COCCOc1ccc(Cl)cc1C(=O)N(C)[C@@H]1CCNC1. The van der Waals surface area contributed by atoms with Gasteiger partial charge in [0.15, 0.2) is 0 Å². The van der Waals surface area contributed by atoms with Crippen molar-refractivity contribution in [1.29, 1.82) is 0 Å². The average Bonchev–Trinajstić information content (AvgIpc) is 3.01. The normalized spacial score (nSPS) is 17.8. The molecule has 1 atom stereocenters. The molecule has 0 aliphatic carbocycles. The summed E-state index contributed by atoms with van der Waals surface area (Å²) >= 11 is 6.02. The minimum absolute atomic E-state index is 0.0707. The van der Waals surface area contributed by atoms with Crippen molar-refractivity contribution in [2.45, 2.75) is 12.5 Å². The van der Waals surface area contributed by atoms with Gasteiger partial charge in [0.2, 0.25) is 0 Å². The van der Waals surface area contributed by atoms with Crippen molar-refractivity contribution >= 4 is 17.5 Å². The highest BCUT2D eigenvalue weighted by atomic mass is 35.5. The molecule has 6 heteroatoms. The molecule has 0 unspecified atom stereocenters. The van der Waals surface area contributed by atoms with Crippen molar-refractivity contribution in [2.75, 3.05) is 40.5 Å². The van der Waals surface area contributed by atoms with Gasteiger partial charge in [-0.15, -0.1) is 0 Å². The molecule has 1 aromatic carbocycles. The molecule has 1 amide bonds. The Hall–Kier alpha value is -1.30. The molecule has 1 aliphatic heterocycles. The van der Waals surface area contributed by atoms with Crippen molar-refractivity contribution in [3.8, 4) is 5.75 Å². The van der Waals surface area contributed by atoms with E-state index in [0.29, 0.717) is 29.5 Å². The van der Waals surface area contributed by atoms with Gasteiger partial charge in [-0.25, -0.2) is 0 Å². The summed E-state index contributed by atoms with van der Waals surface area (Å²) in [5.41, 5.74) is 0.494. The number of carbonyl (C=O) groups is 1. The summed E-state index contributed by atoms with van der Waals surface area (Å²) < 4.78 is 10.6. The lowest BCUT2D eigenvalue weighted by molar-refractivity contribution is 0.0736. The van der Waals surface area contributed by atoms with Gasteiger partial charge in [0.05, 0.1) is 12.2 Å². The molecule has 116 valence electrons. The monoisotopic (exact) mass is 312 g/mol. The van der Waals surface area contributed by atoms with Crippen molar-refractivity contribution in [3.63, 3.8) is 0 Å². The average molecular weight is 313 g/mol. The van der Waals surface area contributed by atoms with E-state index < -0.39 is 0 Å². The zero-order valence-corrected chi connectivity index (χ0v) is 13.2. The fourth-order valence-corrected chi connectivity index (χ4v) is 2.53. The van der Waals surface area contributed by atoms with Gasteiger partial charge in [-0.1, -0.05) is 11.6 Å². The Balaban J connectivity index is 2.15. The Morgan fingerprint density at radius 2 is 2.29 bits per heavy atom. The Morgan fingerprint density at radius 1 is 1.48 bits per heavy atom. The maximum absolute atomic E-state index is 12.7. The van der Waals surface area contributed by atoms with Crippen LogP contribution in [0.1, 0.15) is 16.8 Å². The standard InChI is InChI=1S/C15H21ClN2O3/c1-18(12-5-6-17-10-12)15(19)13-9-11(16)3-4-14(13)21-8-7-20-2/h3-4,9,12,17H,5-8,10H2,1-2H3/t12-/m1/s1. The second-order valence-electron chi connectivity index (χ2n) is 5.04. The lowest BCUT2D eigenvalue weighted by atomic mass is 10.1. The van der Waals surface area contributed by atoms with Gasteiger partial charge < -0.3 is 19.7 Å². The predicted molar refractivity (Wildman–Crippen MR) is 82.2 cm³/mol. The molecular formula is C15H21ClN2O3. The van der Waals surface area contributed by atoms with E-state index in [4.69, 9.17) is 21.1 Å². The van der Waals surface area contributed by atoms with Crippen LogP contribution in [0.15, 0.2) is 18.2 Å². The number of nitrogens with one attached hydrogen (secondary N) is 1. The number of carbonyl (C=O) groups excluding carboxylic acids is 1. The highest BCUT2D eigenvalue weighted by Gasteiger charge is 2.26. The van der Waals surface area contributed by atoms with Crippen LogP contribution in [0.5, 0.6) is 5.75 Å². The first kappa shape index (κ1) is 16.1. The van der Waals surface area contributed by atoms with E-state index in [1.54, 1.807) is 30.2 Å². The molecule has 0 bridgehead atoms. The number of nitrogens with zero attached hydrogens (tertiary/aromatic N) is 1. The molecule has 0 saturated carbocycles. The van der Waals surface area contributed by atoms with E-state index in [-0.39, 0.29) is 11.9 Å². The van der Waals surface area contributed by atoms with Gasteiger partial charge in [-0.2, -0.15) is 0 Å². The highest BCUT2D eigenvalue weighted by Crippen LogP contribution is 2.25. The molecule has 1 heterocycles. The van der Waals surface area contributed by atoms with Gasteiger partial charge in [0.25, 0.3) is 5.91 Å². The quantitative estimate of drug-likeness (QED) is 0.814. The van der Waals surface area contributed by atoms with Gasteiger partial charge in [-0.3, -0.25) is 4.79 Å². The van der Waals surface area contributed by atoms with Crippen LogP contribution in [-0.2, 0) is 4.74 Å². The molecule has 1 saturated heterocycles.